The number of carbonyl (C=O) groups excluding carboxylic acids is 1. The number of likely N-dealkylation sites (tertiary alicyclic amines) is 1. The molecule has 7 heteroatoms. The van der Waals surface area contributed by atoms with E-state index in [1.54, 1.807) is 7.05 Å². The van der Waals surface area contributed by atoms with Gasteiger partial charge in [-0.2, -0.15) is 0 Å². The molecule has 0 bridgehead atoms. The molecule has 1 aromatic rings. The highest BCUT2D eigenvalue weighted by Crippen LogP contribution is 2.23. The molecule has 7 nitrogen and oxygen atoms in total. The zero-order chi connectivity index (χ0) is 20.6. The number of hydrogen-bond donors (Lipinski definition) is 3. The van der Waals surface area contributed by atoms with Gasteiger partial charge in [0.15, 0.2) is 5.96 Å². The molecule has 2 aliphatic rings. The fourth-order valence-corrected chi connectivity index (χ4v) is 4.12. The Morgan fingerprint density at radius 2 is 1.76 bits per heavy atom. The molecule has 2 heterocycles. The summed E-state index contributed by atoms with van der Waals surface area (Å²) in [6.07, 6.45) is 4.54. The number of benzene rings is 1. The first-order chi connectivity index (χ1) is 14.0. The first-order valence-corrected chi connectivity index (χ1v) is 10.8. The average Bonchev–Trinajstić information content (AvgIpc) is 2.73. The molecule has 0 saturated carbocycles. The Kier molecular flexibility index (Phi) is 7.75. The third-order valence-electron chi connectivity index (χ3n) is 6.08. The predicted molar refractivity (Wildman–Crippen MR) is 119 cm³/mol. The van der Waals surface area contributed by atoms with Gasteiger partial charge in [-0.1, -0.05) is 19.1 Å². The van der Waals surface area contributed by atoms with Crippen molar-refractivity contribution in [3.05, 3.63) is 29.8 Å². The van der Waals surface area contributed by atoms with E-state index in [2.05, 4.69) is 56.6 Å². The van der Waals surface area contributed by atoms with E-state index in [1.165, 1.54) is 24.1 Å². The zero-order valence-electron chi connectivity index (χ0n) is 17.9. The van der Waals surface area contributed by atoms with Crippen molar-refractivity contribution in [2.45, 2.75) is 45.2 Å². The van der Waals surface area contributed by atoms with E-state index >= 15 is 0 Å². The fourth-order valence-electron chi connectivity index (χ4n) is 4.12. The van der Waals surface area contributed by atoms with E-state index in [0.717, 1.165) is 57.4 Å². The van der Waals surface area contributed by atoms with Gasteiger partial charge in [-0.15, -0.1) is 0 Å². The van der Waals surface area contributed by atoms with Gasteiger partial charge < -0.3 is 21.3 Å². The van der Waals surface area contributed by atoms with Crippen LogP contribution >= 0.6 is 0 Å². The molecule has 160 valence electrons. The molecule has 4 N–H and O–H groups in total. The molecule has 2 fully saturated rings. The van der Waals surface area contributed by atoms with E-state index in [0.29, 0.717) is 12.6 Å². The van der Waals surface area contributed by atoms with Crippen molar-refractivity contribution in [2.75, 3.05) is 44.7 Å². The van der Waals surface area contributed by atoms with Gasteiger partial charge in [0.05, 0.1) is 6.54 Å². The van der Waals surface area contributed by atoms with Crippen LogP contribution in [0.2, 0.25) is 0 Å². The van der Waals surface area contributed by atoms with Crippen LogP contribution in [0.1, 0.15) is 38.2 Å². The van der Waals surface area contributed by atoms with Crippen molar-refractivity contribution < 1.29 is 4.79 Å². The van der Waals surface area contributed by atoms with Crippen LogP contribution in [0.15, 0.2) is 29.3 Å². The van der Waals surface area contributed by atoms with E-state index in [-0.39, 0.29) is 5.91 Å². The number of rotatable bonds is 6. The maximum atomic E-state index is 11.1. The summed E-state index contributed by atoms with van der Waals surface area (Å²) in [5.74, 6) is 1.42. The normalized spacial score (nSPS) is 19.9. The monoisotopic (exact) mass is 400 g/mol. The summed E-state index contributed by atoms with van der Waals surface area (Å²) in [6, 6.07) is 9.25. The number of guanidine groups is 1. The maximum Gasteiger partial charge on any atom is 0.231 e. The SMILES string of the molecule is CN=C(NCc1ccc(N2CCC(C)CC2)cc1)NC1CCN(CC(N)=O)CC1. The standard InChI is InChI=1S/C22H36N6O/c1-17-7-13-28(14-8-17)20-5-3-18(4-6-20)15-25-22(24-2)26-19-9-11-27(12-10-19)16-21(23)29/h3-6,17,19H,7-16H2,1-2H3,(H2,23,29)(H2,24,25,26). The minimum atomic E-state index is -0.255. The number of primary amides is 1. The number of nitrogens with one attached hydrogen (secondary N) is 2. The van der Waals surface area contributed by atoms with Crippen LogP contribution in [-0.2, 0) is 11.3 Å². The molecule has 29 heavy (non-hydrogen) atoms. The second kappa shape index (κ2) is 10.5. The smallest absolute Gasteiger partial charge is 0.231 e. The van der Waals surface area contributed by atoms with Gasteiger partial charge >= 0.3 is 0 Å². The van der Waals surface area contributed by atoms with Crippen molar-refractivity contribution in [2.24, 2.45) is 16.6 Å². The van der Waals surface area contributed by atoms with Gasteiger partial charge in [-0.3, -0.25) is 14.7 Å². The third kappa shape index (κ3) is 6.63. The van der Waals surface area contributed by atoms with Crippen molar-refractivity contribution in [3.8, 4) is 0 Å². The van der Waals surface area contributed by atoms with Gasteiger partial charge in [-0.05, 0) is 49.3 Å². The largest absolute Gasteiger partial charge is 0.372 e. The summed E-state index contributed by atoms with van der Waals surface area (Å²) in [4.78, 5) is 20.0. The van der Waals surface area contributed by atoms with Crippen LogP contribution in [0.5, 0.6) is 0 Å². The quantitative estimate of drug-likeness (QED) is 0.498. The summed E-state index contributed by atoms with van der Waals surface area (Å²) < 4.78 is 0. The molecular weight excluding hydrogens is 364 g/mol. The first-order valence-electron chi connectivity index (χ1n) is 10.8. The van der Waals surface area contributed by atoms with E-state index < -0.39 is 0 Å². The summed E-state index contributed by atoms with van der Waals surface area (Å²) in [5.41, 5.74) is 7.86. The molecule has 1 aromatic carbocycles. The van der Waals surface area contributed by atoms with E-state index in [1.807, 2.05) is 0 Å². The summed E-state index contributed by atoms with van der Waals surface area (Å²) in [6.45, 7) is 7.53. The summed E-state index contributed by atoms with van der Waals surface area (Å²) in [5, 5.41) is 6.92. The lowest BCUT2D eigenvalue weighted by atomic mass is 9.99. The first kappa shape index (κ1) is 21.4. The molecule has 2 aliphatic heterocycles. The minimum absolute atomic E-state index is 0.255. The number of carbonyl (C=O) groups is 1. The fraction of sp³-hybridized carbons (Fsp3) is 0.636. The number of amides is 1. The molecule has 3 rings (SSSR count). The number of nitrogens with zero attached hydrogens (tertiary/aromatic N) is 3. The maximum absolute atomic E-state index is 11.1. The highest BCUT2D eigenvalue weighted by Gasteiger charge is 2.21. The summed E-state index contributed by atoms with van der Waals surface area (Å²) in [7, 11) is 1.80. The third-order valence-corrected chi connectivity index (χ3v) is 6.08. The van der Waals surface area contributed by atoms with Gasteiger partial charge in [0, 0.05) is 51.5 Å². The zero-order valence-corrected chi connectivity index (χ0v) is 17.9. The van der Waals surface area contributed by atoms with E-state index in [9.17, 15) is 4.79 Å². The highest BCUT2D eigenvalue weighted by atomic mass is 16.1. The lowest BCUT2D eigenvalue weighted by Gasteiger charge is -2.32. The lowest BCUT2D eigenvalue weighted by molar-refractivity contribution is -0.119. The van der Waals surface area contributed by atoms with Gasteiger partial charge in [0.1, 0.15) is 0 Å². The highest BCUT2D eigenvalue weighted by molar-refractivity contribution is 5.80. The Hall–Kier alpha value is -2.28. The molecule has 0 unspecified atom stereocenters. The molecule has 0 atom stereocenters. The van der Waals surface area contributed by atoms with Gasteiger partial charge in [0.2, 0.25) is 5.91 Å². The number of hydrogen-bond acceptors (Lipinski definition) is 4. The van der Waals surface area contributed by atoms with Crippen molar-refractivity contribution in [3.63, 3.8) is 0 Å². The second-order valence-corrected chi connectivity index (χ2v) is 8.42. The molecule has 0 radical (unpaired) electrons. The minimum Gasteiger partial charge on any atom is -0.372 e. The van der Waals surface area contributed by atoms with Crippen LogP contribution in [0.25, 0.3) is 0 Å². The van der Waals surface area contributed by atoms with Gasteiger partial charge in [0.25, 0.3) is 0 Å². The molecule has 0 aromatic heterocycles. The molecule has 0 spiro atoms. The number of piperidine rings is 2. The van der Waals surface area contributed by atoms with Crippen molar-refractivity contribution >= 4 is 17.6 Å². The number of nitrogens with two attached hydrogens (primary N) is 1. The molecule has 2 saturated heterocycles. The van der Waals surface area contributed by atoms with Crippen LogP contribution in [0, 0.1) is 5.92 Å². The topological polar surface area (TPSA) is 86.0 Å². The molecule has 1 amide bonds. The van der Waals surface area contributed by atoms with Crippen molar-refractivity contribution in [1.29, 1.82) is 0 Å². The Morgan fingerprint density at radius 1 is 1.10 bits per heavy atom. The summed E-state index contributed by atoms with van der Waals surface area (Å²) >= 11 is 0. The predicted octanol–water partition coefficient (Wildman–Crippen LogP) is 1.54. The molecule has 0 aliphatic carbocycles. The number of aliphatic imine (C=N–C) groups is 1. The van der Waals surface area contributed by atoms with E-state index in [4.69, 9.17) is 5.73 Å². The van der Waals surface area contributed by atoms with Crippen molar-refractivity contribution in [1.82, 2.24) is 15.5 Å². The number of anilines is 1. The Morgan fingerprint density at radius 3 is 2.34 bits per heavy atom. The lowest BCUT2D eigenvalue weighted by Crippen LogP contribution is -2.49. The van der Waals surface area contributed by atoms with Crippen LogP contribution in [-0.4, -0.2) is 62.6 Å². The van der Waals surface area contributed by atoms with Crippen LogP contribution in [0.3, 0.4) is 0 Å². The van der Waals surface area contributed by atoms with Gasteiger partial charge in [-0.25, -0.2) is 0 Å². The average molecular weight is 401 g/mol. The van der Waals surface area contributed by atoms with Crippen LogP contribution in [0.4, 0.5) is 5.69 Å². The Balaban J connectivity index is 1.42. The second-order valence-electron chi connectivity index (χ2n) is 8.42. The van der Waals surface area contributed by atoms with Crippen LogP contribution < -0.4 is 21.3 Å². The Bertz CT molecular complexity index is 673. The molecular formula is C22H36N6O. The Labute approximate surface area is 174 Å².